The van der Waals surface area contributed by atoms with Gasteiger partial charge in [-0.3, -0.25) is 31.1 Å². The molecule has 4 aromatic carbocycles. The zero-order valence-corrected chi connectivity index (χ0v) is 20.2. The third kappa shape index (κ3) is 6.65. The summed E-state index contributed by atoms with van der Waals surface area (Å²) in [5, 5.41) is 44.6. The van der Waals surface area contributed by atoms with E-state index in [1.54, 1.807) is 48.5 Å². The number of nitro benzene ring substituents is 2. The fourth-order valence-electron chi connectivity index (χ4n) is 3.46. The number of hydrazone groups is 2. The van der Waals surface area contributed by atoms with Gasteiger partial charge in [0.2, 0.25) is 0 Å². The van der Waals surface area contributed by atoms with Gasteiger partial charge in [-0.15, -0.1) is 0 Å². The molecule has 0 saturated carbocycles. The van der Waals surface area contributed by atoms with Crippen molar-refractivity contribution in [3.8, 4) is 0 Å². The van der Waals surface area contributed by atoms with Crippen molar-refractivity contribution in [1.29, 1.82) is 0 Å². The van der Waals surface area contributed by atoms with Crippen molar-refractivity contribution in [3.63, 3.8) is 0 Å². The number of rotatable bonds is 10. The molecule has 0 fully saturated rings. The lowest BCUT2D eigenvalue weighted by atomic mass is 9.98. The molecule has 0 aliphatic rings. The van der Waals surface area contributed by atoms with E-state index in [1.165, 1.54) is 48.5 Å². The van der Waals surface area contributed by atoms with Gasteiger partial charge in [-0.1, -0.05) is 65.8 Å². The first kappa shape index (κ1) is 26.2. The van der Waals surface area contributed by atoms with E-state index in [2.05, 4.69) is 26.2 Å². The van der Waals surface area contributed by atoms with E-state index in [0.717, 1.165) is 0 Å². The van der Waals surface area contributed by atoms with E-state index >= 15 is 0 Å². The van der Waals surface area contributed by atoms with Crippen LogP contribution in [-0.2, 0) is 0 Å². The average molecular weight is 524 g/mol. The topological polar surface area (TPSA) is 168 Å². The average Bonchev–Trinajstić information content (AvgIpc) is 2.97. The summed E-state index contributed by atoms with van der Waals surface area (Å²) in [6.45, 7) is 0. The predicted octanol–water partition coefficient (Wildman–Crippen LogP) is 5.67. The van der Waals surface area contributed by atoms with Crippen LogP contribution in [0.25, 0.3) is 0 Å². The number of nitro groups is 2. The molecule has 12 nitrogen and oxygen atoms in total. The van der Waals surface area contributed by atoms with E-state index in [0.29, 0.717) is 22.5 Å². The molecular weight excluding hydrogens is 502 g/mol. The van der Waals surface area contributed by atoms with Crippen LogP contribution in [0.15, 0.2) is 125 Å². The van der Waals surface area contributed by atoms with Crippen molar-refractivity contribution in [2.24, 2.45) is 15.4 Å². The largest absolute Gasteiger partial charge is 0.410 e. The first-order chi connectivity index (χ1) is 19.0. The van der Waals surface area contributed by atoms with Gasteiger partial charge in [0.15, 0.2) is 5.71 Å². The van der Waals surface area contributed by atoms with Gasteiger partial charge >= 0.3 is 0 Å². The summed E-state index contributed by atoms with van der Waals surface area (Å²) in [7, 11) is 0. The second kappa shape index (κ2) is 12.4. The predicted molar refractivity (Wildman–Crippen MR) is 149 cm³/mol. The van der Waals surface area contributed by atoms with Crippen LogP contribution in [0.1, 0.15) is 11.1 Å². The number of hydrogen-bond donors (Lipinski definition) is 3. The van der Waals surface area contributed by atoms with E-state index in [1.807, 2.05) is 12.1 Å². The van der Waals surface area contributed by atoms with Crippen LogP contribution in [0.2, 0.25) is 0 Å². The van der Waals surface area contributed by atoms with E-state index in [9.17, 15) is 25.4 Å². The SMILES string of the molecule is O=[N+]([O-])c1ccc(N/N=C(\C(=NO)/C(=N\Nc2ccc([N+](=O)[O-])cc2)c2ccccc2)c2ccccc2)cc1. The number of benzene rings is 4. The third-order valence-electron chi connectivity index (χ3n) is 5.39. The standard InChI is InChI=1S/C27H21N7O5/c35-32-27(25(19-7-3-1-4-8-19)30-28-21-11-15-23(16-12-21)33(36)37)26(20-9-5-2-6-10-20)31-29-22-13-17-24(18-14-22)34(38)39/h1-18,28-29,35H/b30-25-,31-26-. The Hall–Kier alpha value is -5.91. The van der Waals surface area contributed by atoms with Crippen LogP contribution in [0.3, 0.4) is 0 Å². The minimum absolute atomic E-state index is 0.0104. The van der Waals surface area contributed by atoms with Crippen molar-refractivity contribution < 1.29 is 15.1 Å². The number of nitrogens with zero attached hydrogens (tertiary/aromatic N) is 5. The first-order valence-corrected chi connectivity index (χ1v) is 11.5. The molecule has 4 aromatic rings. The number of anilines is 2. The molecule has 12 heteroatoms. The highest BCUT2D eigenvalue weighted by Crippen LogP contribution is 2.18. The molecule has 3 N–H and O–H groups in total. The molecular formula is C27H21N7O5. The summed E-state index contributed by atoms with van der Waals surface area (Å²) >= 11 is 0. The van der Waals surface area contributed by atoms with Crippen LogP contribution < -0.4 is 10.9 Å². The maximum absolute atomic E-state index is 11.0. The maximum Gasteiger partial charge on any atom is 0.269 e. The Labute approximate surface area is 221 Å². The molecule has 0 unspecified atom stereocenters. The third-order valence-corrected chi connectivity index (χ3v) is 5.39. The molecule has 0 saturated heterocycles. The van der Waals surface area contributed by atoms with Crippen molar-refractivity contribution in [2.45, 2.75) is 0 Å². The molecule has 0 spiro atoms. The molecule has 0 heterocycles. The Balaban J connectivity index is 1.75. The number of oxime groups is 1. The molecule has 0 atom stereocenters. The number of hydrogen-bond acceptors (Lipinski definition) is 10. The highest BCUT2D eigenvalue weighted by molar-refractivity contribution is 6.74. The molecule has 0 aliphatic heterocycles. The van der Waals surface area contributed by atoms with E-state index in [4.69, 9.17) is 0 Å². The summed E-state index contributed by atoms with van der Waals surface area (Å²) < 4.78 is 0. The zero-order valence-electron chi connectivity index (χ0n) is 20.2. The molecule has 0 radical (unpaired) electrons. The van der Waals surface area contributed by atoms with Crippen LogP contribution in [0, 0.1) is 20.2 Å². The van der Waals surface area contributed by atoms with Crippen LogP contribution >= 0.6 is 0 Å². The quantitative estimate of drug-likeness (QED) is 0.104. The minimum Gasteiger partial charge on any atom is -0.410 e. The van der Waals surface area contributed by atoms with Gasteiger partial charge in [-0.25, -0.2) is 0 Å². The Morgan fingerprint density at radius 2 is 0.949 bits per heavy atom. The van der Waals surface area contributed by atoms with Gasteiger partial charge in [0.1, 0.15) is 11.4 Å². The monoisotopic (exact) mass is 523 g/mol. The van der Waals surface area contributed by atoms with Crippen molar-refractivity contribution in [3.05, 3.63) is 141 Å². The molecule has 4 rings (SSSR count). The molecule has 0 aliphatic carbocycles. The summed E-state index contributed by atoms with van der Waals surface area (Å²) in [5.41, 5.74) is 8.16. The Morgan fingerprint density at radius 1 is 0.590 bits per heavy atom. The summed E-state index contributed by atoms with van der Waals surface area (Å²) in [5.74, 6) is 0. The highest BCUT2D eigenvalue weighted by atomic mass is 16.6. The van der Waals surface area contributed by atoms with Crippen LogP contribution in [-0.4, -0.2) is 32.2 Å². The molecule has 194 valence electrons. The van der Waals surface area contributed by atoms with E-state index in [-0.39, 0.29) is 28.5 Å². The van der Waals surface area contributed by atoms with Crippen molar-refractivity contribution in [1.82, 2.24) is 0 Å². The van der Waals surface area contributed by atoms with Crippen molar-refractivity contribution >= 4 is 39.9 Å². The van der Waals surface area contributed by atoms with Crippen molar-refractivity contribution in [2.75, 3.05) is 10.9 Å². The van der Waals surface area contributed by atoms with Crippen LogP contribution in [0.5, 0.6) is 0 Å². The van der Waals surface area contributed by atoms with Gasteiger partial charge in [-0.2, -0.15) is 10.2 Å². The summed E-state index contributed by atoms with van der Waals surface area (Å²) in [6, 6.07) is 29.3. The van der Waals surface area contributed by atoms with Gasteiger partial charge in [0, 0.05) is 35.4 Å². The summed E-state index contributed by atoms with van der Waals surface area (Å²) in [4.78, 5) is 21.0. The molecule has 39 heavy (non-hydrogen) atoms. The minimum atomic E-state index is -0.500. The van der Waals surface area contributed by atoms with Gasteiger partial charge in [0.25, 0.3) is 11.4 Å². The number of non-ortho nitro benzene ring substituents is 2. The second-order valence-electron chi connectivity index (χ2n) is 7.93. The second-order valence-corrected chi connectivity index (χ2v) is 7.93. The molecule has 0 bridgehead atoms. The fraction of sp³-hybridized carbons (Fsp3) is 0. The number of nitrogens with one attached hydrogen (secondary N) is 2. The lowest BCUT2D eigenvalue weighted by molar-refractivity contribution is -0.385. The van der Waals surface area contributed by atoms with Crippen LogP contribution in [0.4, 0.5) is 22.7 Å². The smallest absolute Gasteiger partial charge is 0.269 e. The Bertz CT molecular complexity index is 1420. The van der Waals surface area contributed by atoms with Gasteiger partial charge in [-0.05, 0) is 24.3 Å². The lowest BCUT2D eigenvalue weighted by Crippen LogP contribution is -2.28. The Morgan fingerprint density at radius 3 is 1.26 bits per heavy atom. The lowest BCUT2D eigenvalue weighted by Gasteiger charge is -2.13. The molecule has 0 aromatic heterocycles. The Kier molecular flexibility index (Phi) is 8.29. The first-order valence-electron chi connectivity index (χ1n) is 11.5. The normalized spacial score (nSPS) is 11.4. The maximum atomic E-state index is 11.0. The van der Waals surface area contributed by atoms with E-state index < -0.39 is 9.85 Å². The zero-order chi connectivity index (χ0) is 27.6. The highest BCUT2D eigenvalue weighted by Gasteiger charge is 2.22. The van der Waals surface area contributed by atoms with Gasteiger partial charge < -0.3 is 5.21 Å². The fourth-order valence-corrected chi connectivity index (χ4v) is 3.46. The molecule has 0 amide bonds. The van der Waals surface area contributed by atoms with Gasteiger partial charge in [0.05, 0.1) is 21.2 Å². The summed E-state index contributed by atoms with van der Waals surface area (Å²) in [6.07, 6.45) is 0.